The monoisotopic (exact) mass is 500 g/mol. The average molecular weight is 501 g/mol. The Morgan fingerprint density at radius 1 is 1.14 bits per heavy atom. The summed E-state index contributed by atoms with van der Waals surface area (Å²) in [6, 6.07) is 11.6. The molecule has 1 fully saturated rings. The van der Waals surface area contributed by atoms with Crippen molar-refractivity contribution in [2.75, 3.05) is 20.2 Å². The van der Waals surface area contributed by atoms with Gasteiger partial charge in [0.1, 0.15) is 17.1 Å². The van der Waals surface area contributed by atoms with Crippen LogP contribution in [-0.4, -0.2) is 45.0 Å². The zero-order valence-electron chi connectivity index (χ0n) is 21.0. The van der Waals surface area contributed by atoms with Gasteiger partial charge >= 0.3 is 0 Å². The molecule has 0 aliphatic carbocycles. The third-order valence-corrected chi connectivity index (χ3v) is 9.03. The third-order valence-electron chi connectivity index (χ3n) is 7.57. The quantitative estimate of drug-likeness (QED) is 0.583. The van der Waals surface area contributed by atoms with Crippen molar-refractivity contribution < 1.29 is 22.7 Å². The molecule has 0 bridgehead atoms. The molecule has 2 aliphatic rings. The van der Waals surface area contributed by atoms with Gasteiger partial charge in [-0.1, -0.05) is 39.0 Å². The fourth-order valence-electron chi connectivity index (χ4n) is 5.07. The van der Waals surface area contributed by atoms with Crippen molar-refractivity contribution in [2.24, 2.45) is 5.92 Å². The summed E-state index contributed by atoms with van der Waals surface area (Å²) >= 11 is 0. The Bertz CT molecular complexity index is 1170. The van der Waals surface area contributed by atoms with Gasteiger partial charge in [-0.05, 0) is 55.9 Å². The summed E-state index contributed by atoms with van der Waals surface area (Å²) in [5, 5.41) is 0. The number of likely N-dealkylation sites (tertiary alicyclic amines) is 1. The first-order valence-corrected chi connectivity index (χ1v) is 14.0. The van der Waals surface area contributed by atoms with Gasteiger partial charge < -0.3 is 14.4 Å². The summed E-state index contributed by atoms with van der Waals surface area (Å²) in [7, 11) is -2.43. The number of carbonyl (C=O) groups is 1. The molecule has 190 valence electrons. The van der Waals surface area contributed by atoms with Crippen LogP contribution in [0.2, 0.25) is 0 Å². The van der Waals surface area contributed by atoms with E-state index in [1.165, 1.54) is 19.2 Å². The number of nitrogens with one attached hydrogen (secondary N) is 1. The number of methoxy groups -OCH3 is 1. The molecule has 1 amide bonds. The molecule has 2 aromatic carbocycles. The summed E-state index contributed by atoms with van der Waals surface area (Å²) in [6.45, 7) is 7.62. The van der Waals surface area contributed by atoms with Crippen LogP contribution in [0.25, 0.3) is 0 Å². The number of piperidine rings is 1. The zero-order chi connectivity index (χ0) is 25.2. The molecule has 8 heteroatoms. The first-order valence-electron chi connectivity index (χ1n) is 12.5. The standard InChI is InChI=1S/C27H36N2O5S/c1-5-27(6-2)18-23(21-9-7-8-10-25(21)34-27)28-35(31,32)20-11-12-24(33-4)22(17-20)26(30)29-15-13-19(3)14-16-29/h7-12,17,19,23,28H,5-6,13-16,18H2,1-4H3. The van der Waals surface area contributed by atoms with Crippen LogP contribution < -0.4 is 14.2 Å². The number of rotatable bonds is 7. The second kappa shape index (κ2) is 10.2. The van der Waals surface area contributed by atoms with Crippen LogP contribution in [0.1, 0.15) is 74.8 Å². The van der Waals surface area contributed by atoms with E-state index in [9.17, 15) is 13.2 Å². The molecule has 1 saturated heterocycles. The van der Waals surface area contributed by atoms with Crippen LogP contribution in [-0.2, 0) is 10.0 Å². The lowest BCUT2D eigenvalue weighted by Gasteiger charge is -2.41. The van der Waals surface area contributed by atoms with E-state index in [4.69, 9.17) is 9.47 Å². The first-order chi connectivity index (χ1) is 16.7. The van der Waals surface area contributed by atoms with Crippen LogP contribution in [0, 0.1) is 5.92 Å². The SMILES string of the molecule is CCC1(CC)CC(NS(=O)(=O)c2ccc(OC)c(C(=O)N3CCC(C)CC3)c2)c2ccccc2O1. The van der Waals surface area contributed by atoms with Crippen molar-refractivity contribution in [3.63, 3.8) is 0 Å². The Labute approximate surface area is 208 Å². The van der Waals surface area contributed by atoms with Gasteiger partial charge in [-0.2, -0.15) is 0 Å². The van der Waals surface area contributed by atoms with Crippen LogP contribution in [0.3, 0.4) is 0 Å². The fraction of sp³-hybridized carbons (Fsp3) is 0.519. The lowest BCUT2D eigenvalue weighted by atomic mass is 9.84. The van der Waals surface area contributed by atoms with Gasteiger partial charge in [0.25, 0.3) is 5.91 Å². The van der Waals surface area contributed by atoms with Gasteiger partial charge in [-0.25, -0.2) is 13.1 Å². The van der Waals surface area contributed by atoms with Crippen molar-refractivity contribution in [3.05, 3.63) is 53.6 Å². The van der Waals surface area contributed by atoms with Crippen LogP contribution in [0.15, 0.2) is 47.4 Å². The molecule has 2 aliphatic heterocycles. The molecule has 0 spiro atoms. The van der Waals surface area contributed by atoms with Gasteiger partial charge in [0.2, 0.25) is 10.0 Å². The largest absolute Gasteiger partial charge is 0.496 e. The highest BCUT2D eigenvalue weighted by molar-refractivity contribution is 7.89. The van der Waals surface area contributed by atoms with Crippen LogP contribution in [0.5, 0.6) is 11.5 Å². The molecule has 2 heterocycles. The van der Waals surface area contributed by atoms with E-state index < -0.39 is 21.7 Å². The number of carbonyl (C=O) groups excluding carboxylic acids is 1. The minimum absolute atomic E-state index is 0.0506. The lowest BCUT2D eigenvalue weighted by Crippen LogP contribution is -2.44. The normalized spacial score (nSPS) is 20.1. The van der Waals surface area contributed by atoms with Crippen molar-refractivity contribution in [1.29, 1.82) is 0 Å². The second-order valence-corrected chi connectivity index (χ2v) is 11.5. The molecule has 1 atom stereocenters. The lowest BCUT2D eigenvalue weighted by molar-refractivity contribution is 0.0260. The predicted octanol–water partition coefficient (Wildman–Crippen LogP) is 4.93. The second-order valence-electron chi connectivity index (χ2n) is 9.74. The number of hydrogen-bond acceptors (Lipinski definition) is 5. The van der Waals surface area contributed by atoms with Gasteiger partial charge in [-0.3, -0.25) is 4.79 Å². The smallest absolute Gasteiger partial charge is 0.257 e. The van der Waals surface area contributed by atoms with Crippen molar-refractivity contribution >= 4 is 15.9 Å². The summed E-state index contributed by atoms with van der Waals surface area (Å²) in [5.74, 6) is 1.47. The minimum atomic E-state index is -3.92. The van der Waals surface area contributed by atoms with Crippen LogP contribution >= 0.6 is 0 Å². The number of para-hydroxylation sites is 1. The van der Waals surface area contributed by atoms with E-state index >= 15 is 0 Å². The maximum Gasteiger partial charge on any atom is 0.257 e. The van der Waals surface area contributed by atoms with E-state index in [2.05, 4.69) is 25.5 Å². The van der Waals surface area contributed by atoms with Gasteiger partial charge in [0, 0.05) is 25.1 Å². The molecular weight excluding hydrogens is 464 g/mol. The number of nitrogens with zero attached hydrogens (tertiary/aromatic N) is 1. The molecular formula is C27H36N2O5S. The topological polar surface area (TPSA) is 84.9 Å². The molecule has 7 nitrogen and oxygen atoms in total. The molecule has 0 radical (unpaired) electrons. The van der Waals surface area contributed by atoms with Crippen LogP contribution in [0.4, 0.5) is 0 Å². The van der Waals surface area contributed by atoms with E-state index in [1.54, 1.807) is 11.0 Å². The van der Waals surface area contributed by atoms with Crippen molar-refractivity contribution in [2.45, 2.75) is 69.4 Å². The Balaban J connectivity index is 1.65. The highest BCUT2D eigenvalue weighted by Crippen LogP contribution is 2.43. The zero-order valence-corrected chi connectivity index (χ0v) is 21.9. The molecule has 4 rings (SSSR count). The molecule has 1 unspecified atom stereocenters. The van der Waals surface area contributed by atoms with E-state index in [0.717, 1.165) is 31.2 Å². The highest BCUT2D eigenvalue weighted by atomic mass is 32.2. The number of hydrogen-bond donors (Lipinski definition) is 1. The molecule has 0 saturated carbocycles. The van der Waals surface area contributed by atoms with E-state index in [1.807, 2.05) is 24.3 Å². The molecule has 2 aromatic rings. The first kappa shape index (κ1) is 25.5. The van der Waals surface area contributed by atoms with Crippen molar-refractivity contribution in [1.82, 2.24) is 9.62 Å². The Kier molecular flexibility index (Phi) is 7.43. The molecule has 0 aromatic heterocycles. The highest BCUT2D eigenvalue weighted by Gasteiger charge is 2.40. The van der Waals surface area contributed by atoms with E-state index in [-0.39, 0.29) is 16.4 Å². The Morgan fingerprint density at radius 2 is 1.83 bits per heavy atom. The maximum atomic E-state index is 13.6. The molecule has 1 N–H and O–H groups in total. The Morgan fingerprint density at radius 3 is 2.49 bits per heavy atom. The fourth-order valence-corrected chi connectivity index (χ4v) is 6.31. The Hall–Kier alpha value is -2.58. The number of sulfonamides is 1. The number of benzene rings is 2. The van der Waals surface area contributed by atoms with Gasteiger partial charge in [0.05, 0.1) is 23.6 Å². The molecule has 35 heavy (non-hydrogen) atoms. The van der Waals surface area contributed by atoms with Crippen molar-refractivity contribution in [3.8, 4) is 11.5 Å². The summed E-state index contributed by atoms with van der Waals surface area (Å²) in [4.78, 5) is 15.1. The number of ether oxygens (including phenoxy) is 2. The summed E-state index contributed by atoms with van der Waals surface area (Å²) in [6.07, 6.45) is 3.95. The average Bonchev–Trinajstić information content (AvgIpc) is 2.88. The summed E-state index contributed by atoms with van der Waals surface area (Å²) in [5.41, 5.74) is 0.656. The summed E-state index contributed by atoms with van der Waals surface area (Å²) < 4.78 is 41.8. The maximum absolute atomic E-state index is 13.6. The minimum Gasteiger partial charge on any atom is -0.496 e. The number of amides is 1. The van der Waals surface area contributed by atoms with Gasteiger partial charge in [0.15, 0.2) is 0 Å². The number of fused-ring (bicyclic) bond motifs is 1. The predicted molar refractivity (Wildman–Crippen MR) is 135 cm³/mol. The van der Waals surface area contributed by atoms with E-state index in [0.29, 0.717) is 36.9 Å². The third kappa shape index (κ3) is 5.19. The van der Waals surface area contributed by atoms with Gasteiger partial charge in [-0.15, -0.1) is 0 Å².